The molecule has 1 aromatic carbocycles. The lowest BCUT2D eigenvalue weighted by Gasteiger charge is -2.35. The van der Waals surface area contributed by atoms with Crippen LogP contribution < -0.4 is 0 Å². The van der Waals surface area contributed by atoms with Crippen LogP contribution in [-0.4, -0.2) is 30.6 Å². The van der Waals surface area contributed by atoms with Crippen LogP contribution >= 0.6 is 0 Å². The summed E-state index contributed by atoms with van der Waals surface area (Å²) in [7, 11) is 0. The van der Waals surface area contributed by atoms with Crippen molar-refractivity contribution >= 4 is 11.8 Å². The summed E-state index contributed by atoms with van der Waals surface area (Å²) in [5, 5.41) is 0. The number of carbonyl (C=O) groups is 2. The van der Waals surface area contributed by atoms with Gasteiger partial charge in [0.05, 0.1) is 6.61 Å². The van der Waals surface area contributed by atoms with Crippen LogP contribution in [0.4, 0.5) is 0 Å². The van der Waals surface area contributed by atoms with Gasteiger partial charge in [0.2, 0.25) is 0 Å². The van der Waals surface area contributed by atoms with E-state index in [0.717, 1.165) is 32.1 Å². The minimum absolute atomic E-state index is 0.0315. The third kappa shape index (κ3) is 4.52. The van der Waals surface area contributed by atoms with Gasteiger partial charge in [0.1, 0.15) is 12.2 Å². The standard InChI is InChI=1S/C19H24O4/c1-15(2)18(21)22-13-14-23-19(11-7-4-8-12-19)17(20)16-9-5-3-6-10-16/h3,5-6,9-10H,1,4,7-8,11-14H2,2H3. The van der Waals surface area contributed by atoms with Gasteiger partial charge in [-0.2, -0.15) is 0 Å². The van der Waals surface area contributed by atoms with Gasteiger partial charge in [-0.3, -0.25) is 4.79 Å². The number of benzene rings is 1. The van der Waals surface area contributed by atoms with Crippen molar-refractivity contribution in [2.45, 2.75) is 44.6 Å². The van der Waals surface area contributed by atoms with Crippen molar-refractivity contribution in [2.75, 3.05) is 13.2 Å². The van der Waals surface area contributed by atoms with Crippen molar-refractivity contribution in [1.29, 1.82) is 0 Å². The maximum absolute atomic E-state index is 12.9. The molecule has 0 saturated heterocycles. The summed E-state index contributed by atoms with van der Waals surface area (Å²) in [6, 6.07) is 9.26. The number of carbonyl (C=O) groups excluding carboxylic acids is 2. The quantitative estimate of drug-likeness (QED) is 0.333. The number of rotatable bonds is 7. The van der Waals surface area contributed by atoms with Crippen LogP contribution in [0.1, 0.15) is 49.4 Å². The smallest absolute Gasteiger partial charge is 0.333 e. The molecule has 2 rings (SSSR count). The van der Waals surface area contributed by atoms with Crippen molar-refractivity contribution < 1.29 is 19.1 Å². The zero-order valence-electron chi connectivity index (χ0n) is 13.7. The lowest BCUT2D eigenvalue weighted by molar-refractivity contribution is -0.142. The molecular formula is C19H24O4. The first kappa shape index (κ1) is 17.4. The van der Waals surface area contributed by atoms with Gasteiger partial charge in [0.25, 0.3) is 0 Å². The summed E-state index contributed by atoms with van der Waals surface area (Å²) in [6.45, 7) is 5.49. The number of ketones is 1. The van der Waals surface area contributed by atoms with E-state index in [9.17, 15) is 9.59 Å². The van der Waals surface area contributed by atoms with Gasteiger partial charge >= 0.3 is 5.97 Å². The summed E-state index contributed by atoms with van der Waals surface area (Å²) in [5.41, 5.74) is 0.251. The first-order valence-electron chi connectivity index (χ1n) is 8.12. The Hall–Kier alpha value is -1.94. The summed E-state index contributed by atoms with van der Waals surface area (Å²) < 4.78 is 11.0. The van der Waals surface area contributed by atoms with Gasteiger partial charge in [-0.1, -0.05) is 56.2 Å². The van der Waals surface area contributed by atoms with E-state index in [1.54, 1.807) is 6.92 Å². The van der Waals surface area contributed by atoms with Crippen molar-refractivity contribution in [3.05, 3.63) is 48.0 Å². The zero-order chi connectivity index (χ0) is 16.7. The monoisotopic (exact) mass is 316 g/mol. The fourth-order valence-electron chi connectivity index (χ4n) is 2.91. The minimum atomic E-state index is -0.783. The van der Waals surface area contributed by atoms with Gasteiger partial charge in [0, 0.05) is 11.1 Å². The number of esters is 1. The lowest BCUT2D eigenvalue weighted by atomic mass is 9.79. The summed E-state index contributed by atoms with van der Waals surface area (Å²) >= 11 is 0. The van der Waals surface area contributed by atoms with Crippen LogP contribution in [-0.2, 0) is 14.3 Å². The Morgan fingerprint density at radius 1 is 1.09 bits per heavy atom. The maximum atomic E-state index is 12.9. The molecule has 0 amide bonds. The van der Waals surface area contributed by atoms with Crippen LogP contribution in [0.5, 0.6) is 0 Å². The van der Waals surface area contributed by atoms with Gasteiger partial charge in [-0.15, -0.1) is 0 Å². The highest BCUT2D eigenvalue weighted by atomic mass is 16.6. The molecule has 0 aromatic heterocycles. The largest absolute Gasteiger partial charge is 0.460 e. The molecule has 0 N–H and O–H groups in total. The van der Waals surface area contributed by atoms with Crippen molar-refractivity contribution in [2.24, 2.45) is 0 Å². The molecule has 124 valence electrons. The molecular weight excluding hydrogens is 292 g/mol. The van der Waals surface area contributed by atoms with Gasteiger partial charge in [-0.05, 0) is 19.8 Å². The first-order chi connectivity index (χ1) is 11.1. The molecule has 1 aliphatic carbocycles. The molecule has 4 heteroatoms. The number of ether oxygens (including phenoxy) is 2. The van der Waals surface area contributed by atoms with E-state index in [0.29, 0.717) is 11.1 Å². The van der Waals surface area contributed by atoms with Crippen molar-refractivity contribution in [3.8, 4) is 0 Å². The van der Waals surface area contributed by atoms with Crippen LogP contribution in [0, 0.1) is 0 Å². The van der Waals surface area contributed by atoms with E-state index < -0.39 is 11.6 Å². The van der Waals surface area contributed by atoms with Crippen LogP contribution in [0.2, 0.25) is 0 Å². The fourth-order valence-corrected chi connectivity index (χ4v) is 2.91. The number of hydrogen-bond acceptors (Lipinski definition) is 4. The highest BCUT2D eigenvalue weighted by Gasteiger charge is 2.40. The van der Waals surface area contributed by atoms with Gasteiger partial charge in [-0.25, -0.2) is 4.79 Å². The molecule has 23 heavy (non-hydrogen) atoms. The molecule has 1 fully saturated rings. The van der Waals surface area contributed by atoms with E-state index >= 15 is 0 Å². The van der Waals surface area contributed by atoms with E-state index in [1.807, 2.05) is 30.3 Å². The molecule has 0 radical (unpaired) electrons. The highest BCUT2D eigenvalue weighted by Crippen LogP contribution is 2.34. The molecule has 0 unspecified atom stereocenters. The Kier molecular flexibility index (Phi) is 6.11. The van der Waals surface area contributed by atoms with E-state index in [4.69, 9.17) is 9.47 Å². The van der Waals surface area contributed by atoms with Crippen LogP contribution in [0.3, 0.4) is 0 Å². The van der Waals surface area contributed by atoms with Gasteiger partial charge in [0.15, 0.2) is 5.78 Å². The van der Waals surface area contributed by atoms with E-state index in [2.05, 4.69) is 6.58 Å². The third-order valence-corrected chi connectivity index (χ3v) is 4.15. The Morgan fingerprint density at radius 2 is 1.74 bits per heavy atom. The molecule has 0 heterocycles. The molecule has 1 aliphatic rings. The Balaban J connectivity index is 2.00. The second-order valence-corrected chi connectivity index (χ2v) is 6.01. The summed E-state index contributed by atoms with van der Waals surface area (Å²) in [6.07, 6.45) is 4.51. The second kappa shape index (κ2) is 8.06. The lowest BCUT2D eigenvalue weighted by Crippen LogP contribution is -2.44. The third-order valence-electron chi connectivity index (χ3n) is 4.15. The predicted molar refractivity (Wildman–Crippen MR) is 88.3 cm³/mol. The number of Topliss-reactive ketones (excluding diaryl/α,β-unsaturated/α-hetero) is 1. The Bertz CT molecular complexity index is 556. The summed E-state index contributed by atoms with van der Waals surface area (Å²) in [5.74, 6) is -0.398. The SMILES string of the molecule is C=C(C)C(=O)OCCOC1(C(=O)c2ccccc2)CCCCC1. The zero-order valence-corrected chi connectivity index (χ0v) is 13.7. The topological polar surface area (TPSA) is 52.6 Å². The normalized spacial score (nSPS) is 16.6. The van der Waals surface area contributed by atoms with Crippen molar-refractivity contribution in [1.82, 2.24) is 0 Å². The molecule has 0 atom stereocenters. The van der Waals surface area contributed by atoms with Crippen LogP contribution in [0.25, 0.3) is 0 Å². The molecule has 4 nitrogen and oxygen atoms in total. The first-order valence-corrected chi connectivity index (χ1v) is 8.12. The fraction of sp³-hybridized carbons (Fsp3) is 0.474. The molecule has 1 saturated carbocycles. The molecule has 0 bridgehead atoms. The highest BCUT2D eigenvalue weighted by molar-refractivity contribution is 6.02. The predicted octanol–water partition coefficient (Wildman–Crippen LogP) is 3.71. The second-order valence-electron chi connectivity index (χ2n) is 6.01. The minimum Gasteiger partial charge on any atom is -0.460 e. The van der Waals surface area contributed by atoms with Crippen LogP contribution in [0.15, 0.2) is 42.5 Å². The average Bonchev–Trinajstić information content (AvgIpc) is 2.59. The molecule has 0 spiro atoms. The van der Waals surface area contributed by atoms with E-state index in [-0.39, 0.29) is 19.0 Å². The average molecular weight is 316 g/mol. The Morgan fingerprint density at radius 3 is 2.35 bits per heavy atom. The van der Waals surface area contributed by atoms with Crippen molar-refractivity contribution in [3.63, 3.8) is 0 Å². The maximum Gasteiger partial charge on any atom is 0.333 e. The summed E-state index contributed by atoms with van der Waals surface area (Å²) in [4.78, 5) is 24.3. The van der Waals surface area contributed by atoms with E-state index in [1.165, 1.54) is 0 Å². The molecule has 1 aromatic rings. The molecule has 0 aliphatic heterocycles. The Labute approximate surface area is 137 Å². The van der Waals surface area contributed by atoms with Gasteiger partial charge < -0.3 is 9.47 Å². The number of hydrogen-bond donors (Lipinski definition) is 0.